The molecule has 0 aromatic carbocycles. The molecule has 0 saturated heterocycles. The quantitative estimate of drug-likeness (QED) is 0.607. The first-order chi connectivity index (χ1) is 14.3. The van der Waals surface area contributed by atoms with Crippen molar-refractivity contribution in [2.75, 3.05) is 19.0 Å². The Morgan fingerprint density at radius 1 is 0.931 bits per heavy atom. The molecule has 0 aliphatic carbocycles. The summed E-state index contributed by atoms with van der Waals surface area (Å²) in [6.45, 7) is 0.998. The van der Waals surface area contributed by atoms with Crippen LogP contribution in [0.4, 0.5) is 0 Å². The first-order valence-corrected chi connectivity index (χ1v) is 10.9. The third-order valence-electron chi connectivity index (χ3n) is 4.62. The van der Waals surface area contributed by atoms with Crippen molar-refractivity contribution in [2.45, 2.75) is 21.3 Å². The Kier molecular flexibility index (Phi) is 4.12. The summed E-state index contributed by atoms with van der Waals surface area (Å²) >= 11 is 3.30. The summed E-state index contributed by atoms with van der Waals surface area (Å²) in [5, 5.41) is 8.45. The van der Waals surface area contributed by atoms with Crippen LogP contribution in [0.5, 0.6) is 23.1 Å². The molecule has 6 rings (SSSR count). The molecule has 0 amide bonds. The average Bonchev–Trinajstić information content (AvgIpc) is 3.22. The molecule has 2 unspecified atom stereocenters. The number of nitrogens with zero attached hydrogens (tertiary/aromatic N) is 4. The Labute approximate surface area is 174 Å². The van der Waals surface area contributed by atoms with Gasteiger partial charge in [0, 0.05) is 18.0 Å². The first-order valence-electron chi connectivity index (χ1n) is 9.03. The van der Waals surface area contributed by atoms with Crippen LogP contribution in [0.25, 0.3) is 0 Å². The van der Waals surface area contributed by atoms with E-state index in [2.05, 4.69) is 20.2 Å². The Balaban J connectivity index is 1.25. The van der Waals surface area contributed by atoms with E-state index >= 15 is 0 Å². The van der Waals surface area contributed by atoms with Gasteiger partial charge in [-0.15, -0.1) is 22.0 Å². The lowest BCUT2D eigenvalue weighted by Crippen LogP contribution is -2.24. The van der Waals surface area contributed by atoms with E-state index in [1.54, 1.807) is 42.1 Å². The second-order valence-corrected chi connectivity index (χ2v) is 8.74. The van der Waals surface area contributed by atoms with Crippen LogP contribution in [0.2, 0.25) is 0 Å². The first kappa shape index (κ1) is 17.2. The van der Waals surface area contributed by atoms with E-state index in [4.69, 9.17) is 18.9 Å². The summed E-state index contributed by atoms with van der Waals surface area (Å²) in [6, 6.07) is 5.76. The van der Waals surface area contributed by atoms with E-state index in [9.17, 15) is 0 Å². The summed E-state index contributed by atoms with van der Waals surface area (Å²) in [5.74, 6) is 3.47. The molecule has 29 heavy (non-hydrogen) atoms. The van der Waals surface area contributed by atoms with Crippen molar-refractivity contribution < 1.29 is 18.9 Å². The molecule has 3 aliphatic heterocycles. The maximum Gasteiger partial charge on any atom is 0.247 e. The fourth-order valence-electron chi connectivity index (χ4n) is 3.22. The zero-order valence-corrected chi connectivity index (χ0v) is 16.6. The Bertz CT molecular complexity index is 1070. The zero-order valence-electron chi connectivity index (χ0n) is 15.0. The van der Waals surface area contributed by atoms with Gasteiger partial charge in [0.1, 0.15) is 12.3 Å². The second-order valence-electron chi connectivity index (χ2n) is 6.50. The maximum atomic E-state index is 6.19. The van der Waals surface area contributed by atoms with Gasteiger partial charge in [-0.1, -0.05) is 11.8 Å². The van der Waals surface area contributed by atoms with Gasteiger partial charge in [-0.25, -0.2) is 0 Å². The van der Waals surface area contributed by atoms with Crippen LogP contribution in [0.15, 0.2) is 46.6 Å². The molecule has 0 spiro atoms. The molecule has 3 aromatic heterocycles. The van der Waals surface area contributed by atoms with Gasteiger partial charge in [-0.05, 0) is 12.1 Å². The molecule has 8 nitrogen and oxygen atoms in total. The standard InChI is InChI=1S/C19H14N4O4S2/c1-2-20-7-14-16(1)29-19(27-14)11-5-12-13(8-21-11)25-9-15(26-12)10-6-17-18(23-22-10)24-3-4-28-17/h1-2,5-8,15,19H,3-4,9H2. The smallest absolute Gasteiger partial charge is 0.247 e. The monoisotopic (exact) mass is 426 g/mol. The number of aromatic nitrogens is 4. The fraction of sp³-hybridized carbons (Fsp3) is 0.263. The molecule has 146 valence electrons. The van der Waals surface area contributed by atoms with Gasteiger partial charge < -0.3 is 18.9 Å². The summed E-state index contributed by atoms with van der Waals surface area (Å²) in [6.07, 6.45) is 4.79. The largest absolute Gasteiger partial charge is 0.484 e. The van der Waals surface area contributed by atoms with Gasteiger partial charge in [-0.2, -0.15) is 0 Å². The SMILES string of the molecule is c1cc2c(cn1)OC(c1cc3c(cn1)OCC(c1cc4c(nn1)OCCS4)O3)S2. The Hall–Kier alpha value is -2.72. The number of hydrogen-bond acceptors (Lipinski definition) is 10. The van der Waals surface area contributed by atoms with Crippen LogP contribution < -0.4 is 18.9 Å². The molecule has 3 aromatic rings. The number of pyridine rings is 2. The van der Waals surface area contributed by atoms with Gasteiger partial charge in [0.05, 0.1) is 34.5 Å². The predicted molar refractivity (Wildman–Crippen MR) is 105 cm³/mol. The van der Waals surface area contributed by atoms with Crippen LogP contribution in [-0.4, -0.2) is 39.1 Å². The van der Waals surface area contributed by atoms with E-state index in [0.29, 0.717) is 30.6 Å². The van der Waals surface area contributed by atoms with Crippen LogP contribution >= 0.6 is 23.5 Å². The molecule has 0 radical (unpaired) electrons. The number of fused-ring (bicyclic) bond motifs is 3. The van der Waals surface area contributed by atoms with Crippen molar-refractivity contribution in [2.24, 2.45) is 0 Å². The number of rotatable bonds is 2. The summed E-state index contributed by atoms with van der Waals surface area (Å²) in [7, 11) is 0. The number of hydrogen-bond donors (Lipinski definition) is 0. The lowest BCUT2D eigenvalue weighted by atomic mass is 10.2. The predicted octanol–water partition coefficient (Wildman–Crippen LogP) is 3.45. The molecule has 3 aliphatic rings. The van der Waals surface area contributed by atoms with Gasteiger partial charge in [-0.3, -0.25) is 9.97 Å². The highest BCUT2D eigenvalue weighted by molar-refractivity contribution is 7.99. The summed E-state index contributed by atoms with van der Waals surface area (Å²) in [4.78, 5) is 10.6. The van der Waals surface area contributed by atoms with Crippen molar-refractivity contribution in [1.29, 1.82) is 0 Å². The minimum absolute atomic E-state index is 0.249. The van der Waals surface area contributed by atoms with Gasteiger partial charge in [0.25, 0.3) is 0 Å². The number of ether oxygens (including phenoxy) is 4. The molecule has 0 N–H and O–H groups in total. The lowest BCUT2D eigenvalue weighted by molar-refractivity contribution is 0.0861. The number of thioether (sulfide) groups is 2. The second kappa shape index (κ2) is 6.96. The Morgan fingerprint density at radius 2 is 1.93 bits per heavy atom. The average molecular weight is 426 g/mol. The van der Waals surface area contributed by atoms with Crippen molar-refractivity contribution in [1.82, 2.24) is 20.2 Å². The van der Waals surface area contributed by atoms with Gasteiger partial charge in [0.2, 0.25) is 5.88 Å². The van der Waals surface area contributed by atoms with Crippen molar-refractivity contribution in [3.8, 4) is 23.1 Å². The van der Waals surface area contributed by atoms with E-state index in [-0.39, 0.29) is 11.5 Å². The van der Waals surface area contributed by atoms with E-state index in [0.717, 1.165) is 32.7 Å². The minimum Gasteiger partial charge on any atom is -0.484 e. The Morgan fingerprint density at radius 3 is 2.90 bits per heavy atom. The van der Waals surface area contributed by atoms with Gasteiger partial charge in [0.15, 0.2) is 28.8 Å². The van der Waals surface area contributed by atoms with Crippen molar-refractivity contribution >= 4 is 23.5 Å². The van der Waals surface area contributed by atoms with E-state index in [1.165, 1.54) is 0 Å². The van der Waals surface area contributed by atoms with E-state index < -0.39 is 0 Å². The molecular formula is C19H14N4O4S2. The topological polar surface area (TPSA) is 88.5 Å². The molecular weight excluding hydrogens is 412 g/mol. The molecule has 0 bridgehead atoms. The lowest BCUT2D eigenvalue weighted by Gasteiger charge is -2.27. The van der Waals surface area contributed by atoms with Crippen LogP contribution in [0, 0.1) is 0 Å². The van der Waals surface area contributed by atoms with Crippen LogP contribution in [0.3, 0.4) is 0 Å². The molecule has 0 fully saturated rings. The molecule has 6 heterocycles. The van der Waals surface area contributed by atoms with E-state index in [1.807, 2.05) is 18.2 Å². The highest BCUT2D eigenvalue weighted by Gasteiger charge is 2.30. The highest BCUT2D eigenvalue weighted by atomic mass is 32.2. The highest BCUT2D eigenvalue weighted by Crippen LogP contribution is 2.48. The van der Waals surface area contributed by atoms with Crippen molar-refractivity contribution in [3.05, 3.63) is 48.2 Å². The van der Waals surface area contributed by atoms with Crippen LogP contribution in [-0.2, 0) is 0 Å². The molecule has 2 atom stereocenters. The molecule has 0 saturated carbocycles. The summed E-state index contributed by atoms with van der Waals surface area (Å²) in [5.41, 5.74) is 1.23. The zero-order chi connectivity index (χ0) is 19.2. The third kappa shape index (κ3) is 3.12. The van der Waals surface area contributed by atoms with Gasteiger partial charge >= 0.3 is 0 Å². The molecule has 10 heteroatoms. The normalized spacial score (nSPS) is 21.5. The van der Waals surface area contributed by atoms with Crippen LogP contribution in [0.1, 0.15) is 22.9 Å². The van der Waals surface area contributed by atoms with Crippen molar-refractivity contribution in [3.63, 3.8) is 0 Å². The summed E-state index contributed by atoms with van der Waals surface area (Å²) < 4.78 is 23.5. The third-order valence-corrected chi connectivity index (χ3v) is 6.74. The minimum atomic E-state index is -0.350. The fourth-order valence-corrected chi connectivity index (χ4v) is 5.03. The maximum absolute atomic E-state index is 6.19.